The van der Waals surface area contributed by atoms with Gasteiger partial charge in [-0.15, -0.1) is 11.3 Å². The quantitative estimate of drug-likeness (QED) is 0.932. The number of carbonyl (C=O) groups is 1. The van der Waals surface area contributed by atoms with Crippen LogP contribution in [-0.4, -0.2) is 19.1 Å². The van der Waals surface area contributed by atoms with Crippen LogP contribution in [0.2, 0.25) is 0 Å². The summed E-state index contributed by atoms with van der Waals surface area (Å²) in [4.78, 5) is 13.2. The second kappa shape index (κ2) is 6.35. The lowest BCUT2D eigenvalue weighted by atomic mass is 9.93. The van der Waals surface area contributed by atoms with Crippen LogP contribution in [-0.2, 0) is 14.3 Å². The average molecular weight is 305 g/mol. The molecule has 1 unspecified atom stereocenters. The van der Waals surface area contributed by atoms with Crippen LogP contribution in [0.4, 0.5) is 0 Å². The van der Waals surface area contributed by atoms with E-state index in [2.05, 4.69) is 16.8 Å². The minimum Gasteiger partial charge on any atom is -0.491 e. The Hall–Kier alpha value is -1.75. The Kier molecular flexibility index (Phi) is 4.29. The zero-order chi connectivity index (χ0) is 14.7. The zero-order valence-electron chi connectivity index (χ0n) is 12.1. The van der Waals surface area contributed by atoms with E-state index in [1.807, 2.05) is 19.1 Å². The van der Waals surface area contributed by atoms with Gasteiger partial charge in [-0.25, -0.2) is 0 Å². The maximum Gasteiger partial charge on any atom is 0.224 e. The molecule has 0 radical (unpaired) electrons. The average Bonchev–Trinajstić information content (AvgIpc) is 3.01. The summed E-state index contributed by atoms with van der Waals surface area (Å²) in [5.74, 6) is 1.95. The molecule has 3 rings (SSSR count). The smallest absolute Gasteiger partial charge is 0.224 e. The second-order valence-corrected chi connectivity index (χ2v) is 6.16. The molecule has 112 valence electrons. The van der Waals surface area contributed by atoms with Crippen LogP contribution in [0.5, 0.6) is 0 Å². The summed E-state index contributed by atoms with van der Waals surface area (Å²) in [6.45, 7) is 3.20. The number of ether oxygens (including phenoxy) is 2. The largest absolute Gasteiger partial charge is 0.491 e. The maximum absolute atomic E-state index is 11.9. The molecule has 21 heavy (non-hydrogen) atoms. The summed E-state index contributed by atoms with van der Waals surface area (Å²) in [5.41, 5.74) is 0.913. The van der Waals surface area contributed by atoms with E-state index < -0.39 is 0 Å². The van der Waals surface area contributed by atoms with Gasteiger partial charge in [0.2, 0.25) is 5.91 Å². The van der Waals surface area contributed by atoms with Crippen LogP contribution in [0.3, 0.4) is 0 Å². The van der Waals surface area contributed by atoms with Crippen molar-refractivity contribution in [1.82, 2.24) is 5.32 Å². The highest BCUT2D eigenvalue weighted by molar-refractivity contribution is 7.10. The first-order valence-corrected chi connectivity index (χ1v) is 8.16. The number of hydrogen-bond acceptors (Lipinski definition) is 4. The van der Waals surface area contributed by atoms with Gasteiger partial charge in [-0.2, -0.15) is 0 Å². The molecule has 0 bridgehead atoms. The van der Waals surface area contributed by atoms with Crippen molar-refractivity contribution < 1.29 is 14.3 Å². The Morgan fingerprint density at radius 3 is 3.00 bits per heavy atom. The van der Waals surface area contributed by atoms with E-state index in [1.165, 1.54) is 4.88 Å². The van der Waals surface area contributed by atoms with Crippen molar-refractivity contribution >= 4 is 17.2 Å². The summed E-state index contributed by atoms with van der Waals surface area (Å²) < 4.78 is 11.3. The predicted molar refractivity (Wildman–Crippen MR) is 81.7 cm³/mol. The molecule has 1 N–H and O–H groups in total. The van der Waals surface area contributed by atoms with Crippen LogP contribution >= 0.6 is 11.3 Å². The molecule has 0 aromatic carbocycles. The highest BCUT2D eigenvalue weighted by Crippen LogP contribution is 2.33. The molecule has 0 aliphatic carbocycles. The Morgan fingerprint density at radius 2 is 2.24 bits per heavy atom. The van der Waals surface area contributed by atoms with E-state index in [0.717, 1.165) is 30.1 Å². The van der Waals surface area contributed by atoms with Gasteiger partial charge in [0.15, 0.2) is 5.76 Å². The molecule has 1 aromatic rings. The molecular formula is C16H19NO3S. The van der Waals surface area contributed by atoms with Gasteiger partial charge in [-0.3, -0.25) is 4.79 Å². The number of allylic oxidation sites excluding steroid dienone is 3. The fourth-order valence-corrected chi connectivity index (χ4v) is 3.52. The number of rotatable bonds is 3. The fourth-order valence-electron chi connectivity index (χ4n) is 2.69. The summed E-state index contributed by atoms with van der Waals surface area (Å²) in [7, 11) is 0. The van der Waals surface area contributed by atoms with Gasteiger partial charge in [0.1, 0.15) is 19.0 Å². The van der Waals surface area contributed by atoms with E-state index in [4.69, 9.17) is 9.47 Å². The lowest BCUT2D eigenvalue weighted by molar-refractivity contribution is -0.121. The van der Waals surface area contributed by atoms with Gasteiger partial charge in [-0.1, -0.05) is 13.0 Å². The van der Waals surface area contributed by atoms with Crippen molar-refractivity contribution in [3.8, 4) is 0 Å². The van der Waals surface area contributed by atoms with Crippen molar-refractivity contribution in [2.45, 2.75) is 32.1 Å². The molecule has 2 aliphatic rings. The van der Waals surface area contributed by atoms with Crippen LogP contribution in [0.25, 0.3) is 0 Å². The molecule has 5 heteroatoms. The third-order valence-electron chi connectivity index (χ3n) is 3.66. The second-order valence-electron chi connectivity index (χ2n) is 5.18. The normalized spacial score (nSPS) is 24.5. The maximum atomic E-state index is 11.9. The monoisotopic (exact) mass is 305 g/mol. The molecule has 2 aliphatic heterocycles. The standard InChI is InChI=1S/C16H19NO3S/c1-2-13-14(20-6-5-19-13)10-12-8-11(9-16(18)17-12)15-4-3-7-21-15/h3-4,7,10-11H,2,5-6,8-9H2,1H3,(H,17,18). The van der Waals surface area contributed by atoms with Gasteiger partial charge in [0.05, 0.1) is 0 Å². The first-order chi connectivity index (χ1) is 10.3. The minimum absolute atomic E-state index is 0.0706. The molecule has 0 saturated carbocycles. The number of amides is 1. The van der Waals surface area contributed by atoms with Crippen molar-refractivity contribution in [3.05, 3.63) is 45.7 Å². The predicted octanol–water partition coefficient (Wildman–Crippen LogP) is 3.29. The van der Waals surface area contributed by atoms with Crippen LogP contribution in [0.1, 0.15) is 37.0 Å². The van der Waals surface area contributed by atoms with Gasteiger partial charge < -0.3 is 14.8 Å². The first kappa shape index (κ1) is 14.2. The lowest BCUT2D eigenvalue weighted by Crippen LogP contribution is -2.31. The lowest BCUT2D eigenvalue weighted by Gasteiger charge is -2.25. The van der Waals surface area contributed by atoms with Crippen molar-refractivity contribution in [2.75, 3.05) is 13.2 Å². The summed E-state index contributed by atoms with van der Waals surface area (Å²) in [5, 5.41) is 5.01. The molecule has 0 spiro atoms. The Labute approximate surface area is 128 Å². The summed E-state index contributed by atoms with van der Waals surface area (Å²) in [6.07, 6.45) is 4.10. The third kappa shape index (κ3) is 3.29. The summed E-state index contributed by atoms with van der Waals surface area (Å²) in [6, 6.07) is 4.13. The fraction of sp³-hybridized carbons (Fsp3) is 0.438. The third-order valence-corrected chi connectivity index (χ3v) is 4.70. The number of nitrogens with one attached hydrogen (secondary N) is 1. The SMILES string of the molecule is CCC1=C(C=C2CC(c3cccs3)CC(=O)N2)OCCO1. The van der Waals surface area contributed by atoms with Gasteiger partial charge in [0.25, 0.3) is 0 Å². The van der Waals surface area contributed by atoms with E-state index in [9.17, 15) is 4.79 Å². The molecule has 4 nitrogen and oxygen atoms in total. The van der Waals surface area contributed by atoms with Gasteiger partial charge in [-0.05, 0) is 17.9 Å². The van der Waals surface area contributed by atoms with Crippen molar-refractivity contribution in [1.29, 1.82) is 0 Å². The van der Waals surface area contributed by atoms with Crippen LogP contribution in [0, 0.1) is 0 Å². The first-order valence-electron chi connectivity index (χ1n) is 7.29. The number of hydrogen-bond donors (Lipinski definition) is 1. The van der Waals surface area contributed by atoms with Crippen LogP contribution < -0.4 is 5.32 Å². The highest BCUT2D eigenvalue weighted by Gasteiger charge is 2.25. The number of piperidine rings is 1. The molecular weight excluding hydrogens is 286 g/mol. The van der Waals surface area contributed by atoms with Crippen molar-refractivity contribution in [3.63, 3.8) is 0 Å². The molecule has 1 atom stereocenters. The number of thiophene rings is 1. The van der Waals surface area contributed by atoms with Crippen molar-refractivity contribution in [2.24, 2.45) is 0 Å². The zero-order valence-corrected chi connectivity index (χ0v) is 12.9. The van der Waals surface area contributed by atoms with E-state index in [-0.39, 0.29) is 11.8 Å². The molecule has 1 aromatic heterocycles. The Balaban J connectivity index is 1.82. The molecule has 1 amide bonds. The van der Waals surface area contributed by atoms with E-state index in [0.29, 0.717) is 19.6 Å². The molecule has 1 saturated heterocycles. The minimum atomic E-state index is 0.0706. The Bertz CT molecular complexity index is 574. The topological polar surface area (TPSA) is 47.6 Å². The Morgan fingerprint density at radius 1 is 1.38 bits per heavy atom. The summed E-state index contributed by atoms with van der Waals surface area (Å²) >= 11 is 1.71. The van der Waals surface area contributed by atoms with Gasteiger partial charge >= 0.3 is 0 Å². The molecule has 1 fully saturated rings. The van der Waals surface area contributed by atoms with E-state index in [1.54, 1.807) is 11.3 Å². The van der Waals surface area contributed by atoms with Crippen LogP contribution in [0.15, 0.2) is 40.8 Å². The molecule has 3 heterocycles. The van der Waals surface area contributed by atoms with Gasteiger partial charge in [0, 0.05) is 35.4 Å². The highest BCUT2D eigenvalue weighted by atomic mass is 32.1. The van der Waals surface area contributed by atoms with E-state index >= 15 is 0 Å². The number of carbonyl (C=O) groups excluding carboxylic acids is 1.